The summed E-state index contributed by atoms with van der Waals surface area (Å²) in [5.74, 6) is -1.02. The molecule has 0 radical (unpaired) electrons. The quantitative estimate of drug-likeness (QED) is 0.217. The summed E-state index contributed by atoms with van der Waals surface area (Å²) in [7, 11) is 0. The van der Waals surface area contributed by atoms with Crippen molar-refractivity contribution in [2.45, 2.75) is 18.7 Å². The summed E-state index contributed by atoms with van der Waals surface area (Å²) >= 11 is 0. The normalized spacial score (nSPS) is 15.9. The van der Waals surface area contributed by atoms with Gasteiger partial charge in [-0.3, -0.25) is 9.59 Å². The Bertz CT molecular complexity index is 1350. The van der Waals surface area contributed by atoms with Crippen molar-refractivity contribution in [1.29, 1.82) is 0 Å². The molecule has 1 unspecified atom stereocenters. The molecule has 2 aromatic carbocycles. The Labute approximate surface area is 203 Å². The number of hydrogen-bond donors (Lipinski definition) is 3. The number of nitrogens with zero attached hydrogens (tertiary/aromatic N) is 1. The molecule has 0 fully saturated rings. The van der Waals surface area contributed by atoms with Crippen LogP contribution in [0.5, 0.6) is 0 Å². The Morgan fingerprint density at radius 2 is 1.75 bits per heavy atom. The zero-order valence-electron chi connectivity index (χ0n) is 18.6. The van der Waals surface area contributed by atoms with E-state index < -0.39 is 29.7 Å². The first-order valence-corrected chi connectivity index (χ1v) is 10.8. The van der Waals surface area contributed by atoms with Gasteiger partial charge in [-0.2, -0.15) is 17.9 Å². The van der Waals surface area contributed by atoms with E-state index in [1.54, 1.807) is 24.3 Å². The van der Waals surface area contributed by atoms with E-state index in [4.69, 9.17) is 0 Å². The molecule has 36 heavy (non-hydrogen) atoms. The van der Waals surface area contributed by atoms with Gasteiger partial charge in [-0.1, -0.05) is 30.4 Å². The van der Waals surface area contributed by atoms with Crippen molar-refractivity contribution in [2.75, 3.05) is 10.6 Å². The second-order valence-corrected chi connectivity index (χ2v) is 7.99. The van der Waals surface area contributed by atoms with Gasteiger partial charge in [0, 0.05) is 41.6 Å². The van der Waals surface area contributed by atoms with Crippen LogP contribution in [0.3, 0.4) is 0 Å². The first-order valence-electron chi connectivity index (χ1n) is 10.8. The number of amides is 2. The van der Waals surface area contributed by atoms with E-state index >= 15 is 0 Å². The van der Waals surface area contributed by atoms with Gasteiger partial charge in [-0.25, -0.2) is 0 Å². The zero-order chi connectivity index (χ0) is 25.9. The van der Waals surface area contributed by atoms with E-state index in [0.717, 1.165) is 12.1 Å². The maximum absolute atomic E-state index is 13.0. The van der Waals surface area contributed by atoms with Crippen LogP contribution in [0.15, 0.2) is 85.2 Å². The van der Waals surface area contributed by atoms with Gasteiger partial charge in [-0.05, 0) is 41.0 Å². The number of anilines is 2. The summed E-state index contributed by atoms with van der Waals surface area (Å²) in [5.41, 5.74) is 2.23. The summed E-state index contributed by atoms with van der Waals surface area (Å²) < 4.78 is 39.5. The number of pyridine rings is 1. The van der Waals surface area contributed by atoms with Crippen molar-refractivity contribution >= 4 is 28.8 Å². The molecule has 3 aromatic rings. The van der Waals surface area contributed by atoms with Crippen LogP contribution in [0, 0.1) is 5.21 Å². The standard InChI is InChI=1S/C26H20F3N3O4/c27-26(28,29)18-9-7-16(8-10-18)19(17-11-13-32(36)14-12-17)3-1-6-24(34)30-21-4-2-5-22-20(21)15-23(33)25(35)31-22/h1-14,23,33H,15H2,(H,30,34)(H,31,35)/b6-1+,19-3-. The third-order valence-corrected chi connectivity index (χ3v) is 5.54. The minimum absolute atomic E-state index is 0.0486. The summed E-state index contributed by atoms with van der Waals surface area (Å²) in [6, 6.07) is 12.5. The molecule has 0 saturated carbocycles. The molecule has 4 rings (SSSR count). The second kappa shape index (κ2) is 10.0. The Kier molecular flexibility index (Phi) is 6.89. The average Bonchev–Trinajstić information content (AvgIpc) is 2.83. The van der Waals surface area contributed by atoms with Gasteiger partial charge in [-0.15, -0.1) is 0 Å². The molecule has 10 heteroatoms. The number of allylic oxidation sites excluding steroid dienone is 2. The topological polar surface area (TPSA) is 105 Å². The van der Waals surface area contributed by atoms with E-state index in [9.17, 15) is 33.1 Å². The lowest BCUT2D eigenvalue weighted by Gasteiger charge is -2.23. The van der Waals surface area contributed by atoms with Crippen molar-refractivity contribution in [2.24, 2.45) is 0 Å². The number of aromatic nitrogens is 1. The number of aliphatic hydroxyl groups is 1. The molecule has 7 nitrogen and oxygen atoms in total. The lowest BCUT2D eigenvalue weighted by Crippen LogP contribution is -2.34. The number of carbonyl (C=O) groups excluding carboxylic acids is 2. The highest BCUT2D eigenvalue weighted by molar-refractivity contribution is 6.03. The Balaban J connectivity index is 1.58. The second-order valence-electron chi connectivity index (χ2n) is 7.99. The molecule has 0 bridgehead atoms. The maximum atomic E-state index is 13.0. The van der Waals surface area contributed by atoms with Gasteiger partial charge in [0.25, 0.3) is 5.91 Å². The number of hydrogen-bond acceptors (Lipinski definition) is 4. The van der Waals surface area contributed by atoms with Crippen LogP contribution in [0.4, 0.5) is 24.5 Å². The summed E-state index contributed by atoms with van der Waals surface area (Å²) in [5, 5.41) is 26.5. The molecule has 184 valence electrons. The minimum atomic E-state index is -4.48. The molecule has 0 spiro atoms. The van der Waals surface area contributed by atoms with Crippen LogP contribution in [-0.2, 0) is 22.2 Å². The van der Waals surface area contributed by atoms with Crippen LogP contribution in [0.2, 0.25) is 0 Å². The zero-order valence-corrected chi connectivity index (χ0v) is 18.6. The molecule has 2 amide bonds. The molecular weight excluding hydrogens is 475 g/mol. The van der Waals surface area contributed by atoms with Crippen molar-refractivity contribution < 1.29 is 32.6 Å². The fourth-order valence-corrected chi connectivity index (χ4v) is 3.74. The summed E-state index contributed by atoms with van der Waals surface area (Å²) in [6.07, 6.45) is 1.09. The Hall–Kier alpha value is -4.44. The fraction of sp³-hybridized carbons (Fsp3) is 0.115. The predicted molar refractivity (Wildman–Crippen MR) is 126 cm³/mol. The van der Waals surface area contributed by atoms with Crippen LogP contribution in [-0.4, -0.2) is 23.0 Å². The van der Waals surface area contributed by atoms with Crippen LogP contribution < -0.4 is 15.4 Å². The highest BCUT2D eigenvalue weighted by atomic mass is 19.4. The molecule has 1 aromatic heterocycles. The third-order valence-electron chi connectivity index (χ3n) is 5.54. The molecule has 1 aliphatic heterocycles. The molecule has 1 aliphatic rings. The molecule has 2 heterocycles. The van der Waals surface area contributed by atoms with Crippen LogP contribution in [0.25, 0.3) is 5.57 Å². The lowest BCUT2D eigenvalue weighted by molar-refractivity contribution is -0.605. The lowest BCUT2D eigenvalue weighted by atomic mass is 9.97. The van der Waals surface area contributed by atoms with Gasteiger partial charge in [0.1, 0.15) is 6.10 Å². The van der Waals surface area contributed by atoms with Gasteiger partial charge in [0.15, 0.2) is 12.4 Å². The van der Waals surface area contributed by atoms with Crippen molar-refractivity contribution in [1.82, 2.24) is 0 Å². The van der Waals surface area contributed by atoms with Crippen LogP contribution in [0.1, 0.15) is 22.3 Å². The maximum Gasteiger partial charge on any atom is 0.416 e. The number of rotatable bonds is 5. The van der Waals surface area contributed by atoms with E-state index in [1.807, 2.05) is 0 Å². The average molecular weight is 495 g/mol. The molecule has 3 N–H and O–H groups in total. The number of fused-ring (bicyclic) bond motifs is 1. The predicted octanol–water partition coefficient (Wildman–Crippen LogP) is 3.82. The minimum Gasteiger partial charge on any atom is -0.619 e. The third kappa shape index (κ3) is 5.61. The number of aliphatic hydroxyl groups excluding tert-OH is 1. The van der Waals surface area contributed by atoms with Crippen LogP contribution >= 0.6 is 0 Å². The number of benzene rings is 2. The number of halogens is 3. The van der Waals surface area contributed by atoms with Gasteiger partial charge in [0.2, 0.25) is 5.91 Å². The van der Waals surface area contributed by atoms with Crippen molar-refractivity contribution in [3.63, 3.8) is 0 Å². The van der Waals surface area contributed by atoms with Crippen molar-refractivity contribution in [3.05, 3.63) is 113 Å². The highest BCUT2D eigenvalue weighted by Gasteiger charge is 2.30. The Morgan fingerprint density at radius 3 is 2.42 bits per heavy atom. The molecular formula is C26H20F3N3O4. The number of alkyl halides is 3. The van der Waals surface area contributed by atoms with Crippen molar-refractivity contribution in [3.8, 4) is 0 Å². The molecule has 1 atom stereocenters. The van der Waals surface area contributed by atoms with Gasteiger partial charge < -0.3 is 20.9 Å². The largest absolute Gasteiger partial charge is 0.619 e. The molecule has 0 aliphatic carbocycles. The van der Waals surface area contributed by atoms with Gasteiger partial charge in [0.05, 0.1) is 5.56 Å². The summed E-state index contributed by atoms with van der Waals surface area (Å²) in [4.78, 5) is 24.2. The SMILES string of the molecule is O=C(/C=C/C=C(/c1ccc(C(F)(F)F)cc1)c1cc[n+]([O-])cc1)Nc1cccc2c1CC(O)C(=O)N2. The first-order chi connectivity index (χ1) is 17.1. The summed E-state index contributed by atoms with van der Waals surface area (Å²) in [6.45, 7) is 0. The number of carbonyl (C=O) groups is 2. The van der Waals surface area contributed by atoms with Gasteiger partial charge >= 0.3 is 6.18 Å². The fourth-order valence-electron chi connectivity index (χ4n) is 3.74. The monoisotopic (exact) mass is 495 g/mol. The van der Waals surface area contributed by atoms with E-state index in [0.29, 0.717) is 38.4 Å². The molecule has 0 saturated heterocycles. The highest BCUT2D eigenvalue weighted by Crippen LogP contribution is 2.32. The Morgan fingerprint density at radius 1 is 1.08 bits per heavy atom. The van der Waals surface area contributed by atoms with E-state index in [1.165, 1.54) is 48.8 Å². The van der Waals surface area contributed by atoms with E-state index in [2.05, 4.69) is 10.6 Å². The first kappa shape index (κ1) is 24.7. The smallest absolute Gasteiger partial charge is 0.416 e. The number of nitrogens with one attached hydrogen (secondary N) is 2. The van der Waals surface area contributed by atoms with E-state index in [-0.39, 0.29) is 6.42 Å².